The molecule has 8 nitrogen and oxygen atoms in total. The second-order valence-corrected chi connectivity index (χ2v) is 8.83. The summed E-state index contributed by atoms with van der Waals surface area (Å²) in [4.78, 5) is 11.2. The third-order valence-electron chi connectivity index (χ3n) is 4.52. The van der Waals surface area contributed by atoms with E-state index in [2.05, 4.69) is 0 Å². The van der Waals surface area contributed by atoms with Gasteiger partial charge in [-0.15, -0.1) is 0 Å². The molecule has 0 radical (unpaired) electrons. The minimum atomic E-state index is -3.21. The molecule has 0 unspecified atom stereocenters. The lowest BCUT2D eigenvalue weighted by Gasteiger charge is -2.14. The first-order valence-corrected chi connectivity index (χ1v) is 11.6. The molecular weight excluding hydrogens is 423 g/mol. The summed E-state index contributed by atoms with van der Waals surface area (Å²) >= 11 is 0. The van der Waals surface area contributed by atoms with Gasteiger partial charge in [-0.3, -0.25) is 4.57 Å². The topological polar surface area (TPSA) is 101 Å². The number of ether oxygens (including phenoxy) is 3. The summed E-state index contributed by atoms with van der Waals surface area (Å²) < 4.78 is 38.1. The maximum atomic E-state index is 12.0. The molecule has 0 aromatic heterocycles. The van der Waals surface area contributed by atoms with Crippen LogP contribution in [0.4, 0.5) is 0 Å². The Morgan fingerprint density at radius 2 is 1.48 bits per heavy atom. The van der Waals surface area contributed by atoms with Gasteiger partial charge in [0.15, 0.2) is 12.5 Å². The van der Waals surface area contributed by atoms with Crippen molar-refractivity contribution in [2.75, 3.05) is 33.8 Å². The summed E-state index contributed by atoms with van der Waals surface area (Å²) in [7, 11) is -0.574. The Balaban J connectivity index is 1.79. The standard InChI is InChI=1S/C22H29O8P/c1-4-28-21(22(23)24)15-18-7-11-19(12-8-18)29-14-13-17-5-9-20(10-6-17)30-16-31(25,26-2)27-3/h5-12,21H,4,13-16H2,1-3H3,(H,23,24)/t21-/m0/s1. The van der Waals surface area contributed by atoms with Crippen LogP contribution in [0, 0.1) is 0 Å². The molecular formula is C22H29O8P. The van der Waals surface area contributed by atoms with Crippen molar-refractivity contribution < 1.29 is 37.7 Å². The zero-order valence-electron chi connectivity index (χ0n) is 18.0. The average molecular weight is 452 g/mol. The number of carbonyl (C=O) groups is 1. The molecule has 0 saturated carbocycles. The van der Waals surface area contributed by atoms with Gasteiger partial charge in [-0.05, 0) is 42.3 Å². The van der Waals surface area contributed by atoms with Crippen LogP contribution in [-0.2, 0) is 36.0 Å². The summed E-state index contributed by atoms with van der Waals surface area (Å²) in [5.41, 5.74) is 1.93. The fourth-order valence-electron chi connectivity index (χ4n) is 2.73. The molecule has 31 heavy (non-hydrogen) atoms. The van der Waals surface area contributed by atoms with E-state index < -0.39 is 19.7 Å². The summed E-state index contributed by atoms with van der Waals surface area (Å²) in [6.45, 7) is 2.61. The Bertz CT molecular complexity index is 843. The summed E-state index contributed by atoms with van der Waals surface area (Å²) in [5.74, 6) is 0.313. The largest absolute Gasteiger partial charge is 0.493 e. The van der Waals surface area contributed by atoms with Gasteiger partial charge in [0, 0.05) is 33.7 Å². The number of hydrogen-bond donors (Lipinski definition) is 1. The van der Waals surface area contributed by atoms with Crippen LogP contribution in [0.15, 0.2) is 48.5 Å². The van der Waals surface area contributed by atoms with Gasteiger partial charge in [0.05, 0.1) is 6.61 Å². The van der Waals surface area contributed by atoms with Gasteiger partial charge in [-0.25, -0.2) is 4.79 Å². The SMILES string of the molecule is CCO[C@@H](Cc1ccc(OCCc2ccc(OCP(=O)(OC)OC)cc2)cc1)C(=O)O. The molecule has 2 rings (SSSR count). The van der Waals surface area contributed by atoms with E-state index in [4.69, 9.17) is 28.4 Å². The van der Waals surface area contributed by atoms with E-state index in [1.807, 2.05) is 36.4 Å². The van der Waals surface area contributed by atoms with Gasteiger partial charge in [0.25, 0.3) is 0 Å². The summed E-state index contributed by atoms with van der Waals surface area (Å²) in [5, 5.41) is 9.17. The van der Waals surface area contributed by atoms with Crippen LogP contribution in [0.2, 0.25) is 0 Å². The van der Waals surface area contributed by atoms with E-state index >= 15 is 0 Å². The van der Waals surface area contributed by atoms with E-state index in [0.717, 1.165) is 11.1 Å². The van der Waals surface area contributed by atoms with Crippen molar-refractivity contribution in [3.63, 3.8) is 0 Å². The second-order valence-electron chi connectivity index (χ2n) is 6.62. The molecule has 0 amide bonds. The van der Waals surface area contributed by atoms with E-state index in [1.54, 1.807) is 19.1 Å². The molecule has 0 aliphatic heterocycles. The minimum absolute atomic E-state index is 0.157. The molecule has 2 aromatic carbocycles. The van der Waals surface area contributed by atoms with Gasteiger partial charge < -0.3 is 28.4 Å². The van der Waals surface area contributed by atoms with Crippen LogP contribution in [-0.4, -0.2) is 51.0 Å². The van der Waals surface area contributed by atoms with Crippen LogP contribution in [0.3, 0.4) is 0 Å². The van der Waals surface area contributed by atoms with Gasteiger partial charge in [-0.1, -0.05) is 24.3 Å². The number of carboxylic acid groups (broad SMARTS) is 1. The fraction of sp³-hybridized carbons (Fsp3) is 0.409. The molecule has 1 N–H and O–H groups in total. The van der Waals surface area contributed by atoms with Crippen molar-refractivity contribution in [2.45, 2.75) is 25.9 Å². The highest BCUT2D eigenvalue weighted by molar-refractivity contribution is 7.53. The zero-order valence-corrected chi connectivity index (χ0v) is 18.9. The maximum Gasteiger partial charge on any atom is 0.367 e. The number of benzene rings is 2. The van der Waals surface area contributed by atoms with Crippen molar-refractivity contribution in [3.05, 3.63) is 59.7 Å². The van der Waals surface area contributed by atoms with Crippen molar-refractivity contribution in [1.29, 1.82) is 0 Å². The summed E-state index contributed by atoms with van der Waals surface area (Å²) in [6.07, 6.45) is 0.0000938. The Morgan fingerprint density at radius 1 is 0.935 bits per heavy atom. The van der Waals surface area contributed by atoms with Crippen molar-refractivity contribution >= 4 is 13.6 Å². The van der Waals surface area contributed by atoms with Crippen LogP contribution in [0.5, 0.6) is 11.5 Å². The van der Waals surface area contributed by atoms with Gasteiger partial charge in [0.1, 0.15) is 11.5 Å². The van der Waals surface area contributed by atoms with Crippen LogP contribution in [0.25, 0.3) is 0 Å². The highest BCUT2D eigenvalue weighted by Crippen LogP contribution is 2.46. The number of rotatable bonds is 14. The Labute approximate surface area is 182 Å². The normalized spacial score (nSPS) is 12.4. The van der Waals surface area contributed by atoms with E-state index in [1.165, 1.54) is 14.2 Å². The average Bonchev–Trinajstić information content (AvgIpc) is 2.79. The smallest absolute Gasteiger partial charge is 0.367 e. The van der Waals surface area contributed by atoms with Crippen molar-refractivity contribution in [2.24, 2.45) is 0 Å². The predicted molar refractivity (Wildman–Crippen MR) is 116 cm³/mol. The number of aliphatic carboxylic acids is 1. The Hall–Kier alpha value is -2.38. The fourth-order valence-corrected chi connectivity index (χ4v) is 3.39. The minimum Gasteiger partial charge on any atom is -0.493 e. The third-order valence-corrected chi connectivity index (χ3v) is 6.07. The highest BCUT2D eigenvalue weighted by Gasteiger charge is 2.22. The number of carboxylic acids is 1. The highest BCUT2D eigenvalue weighted by atomic mass is 31.2. The van der Waals surface area contributed by atoms with E-state index in [0.29, 0.717) is 37.6 Å². The quantitative estimate of drug-likeness (QED) is 0.427. The number of hydrogen-bond acceptors (Lipinski definition) is 7. The lowest BCUT2D eigenvalue weighted by atomic mass is 10.1. The second kappa shape index (κ2) is 12.5. The Kier molecular flexibility index (Phi) is 10.0. The Morgan fingerprint density at radius 3 is 2.00 bits per heavy atom. The van der Waals surface area contributed by atoms with Crippen molar-refractivity contribution in [3.8, 4) is 11.5 Å². The molecule has 0 fully saturated rings. The zero-order chi connectivity index (χ0) is 22.7. The summed E-state index contributed by atoms with van der Waals surface area (Å²) in [6, 6.07) is 14.7. The maximum absolute atomic E-state index is 12.0. The van der Waals surface area contributed by atoms with Gasteiger partial charge >= 0.3 is 13.6 Å². The van der Waals surface area contributed by atoms with Crippen molar-refractivity contribution in [1.82, 2.24) is 0 Å². The predicted octanol–water partition coefficient (Wildman–Crippen LogP) is 4.16. The van der Waals surface area contributed by atoms with Gasteiger partial charge in [-0.2, -0.15) is 0 Å². The lowest BCUT2D eigenvalue weighted by Crippen LogP contribution is -2.26. The van der Waals surface area contributed by atoms with Crippen LogP contribution >= 0.6 is 7.60 Å². The van der Waals surface area contributed by atoms with E-state index in [-0.39, 0.29) is 6.35 Å². The lowest BCUT2D eigenvalue weighted by molar-refractivity contribution is -0.149. The molecule has 0 spiro atoms. The van der Waals surface area contributed by atoms with Gasteiger partial charge in [0.2, 0.25) is 0 Å². The first kappa shape index (κ1) is 24.9. The monoisotopic (exact) mass is 452 g/mol. The molecule has 0 aliphatic rings. The molecule has 1 atom stereocenters. The first-order chi connectivity index (χ1) is 14.9. The molecule has 0 heterocycles. The van der Waals surface area contributed by atoms with E-state index in [9.17, 15) is 9.36 Å². The molecule has 9 heteroatoms. The molecule has 170 valence electrons. The van der Waals surface area contributed by atoms with Crippen LogP contribution < -0.4 is 9.47 Å². The molecule has 0 aliphatic carbocycles. The molecule has 0 saturated heterocycles. The third kappa shape index (κ3) is 8.34. The first-order valence-electron chi connectivity index (χ1n) is 9.87. The molecule has 0 bridgehead atoms. The molecule has 2 aromatic rings. The van der Waals surface area contributed by atoms with Crippen LogP contribution in [0.1, 0.15) is 18.1 Å².